The van der Waals surface area contributed by atoms with Crippen LogP contribution >= 0.6 is 0 Å². The topological polar surface area (TPSA) is 339 Å². The molecule has 30 heavy (non-hydrogen) atoms. The fourth-order valence-corrected chi connectivity index (χ4v) is 0. The van der Waals surface area contributed by atoms with Crippen LogP contribution in [0.3, 0.4) is 0 Å². The number of rotatable bonds is 0. The molecule has 0 aromatic carbocycles. The van der Waals surface area contributed by atoms with Crippen LogP contribution in [-0.4, -0.2) is 22.2 Å². The number of quaternary nitrogens is 4. The van der Waals surface area contributed by atoms with Crippen LogP contribution in [-0.2, 0) is 85.9 Å². The molecule has 12 N–H and O–H groups in total. The minimum Gasteiger partial charge on any atom is -2.00 e. The molecule has 0 saturated carbocycles. The van der Waals surface area contributed by atoms with Crippen molar-refractivity contribution < 1.29 is 109 Å². The van der Waals surface area contributed by atoms with Gasteiger partial charge in [0.25, 0.3) is 0 Å². The van der Waals surface area contributed by atoms with Crippen LogP contribution in [0, 0.1) is 0 Å². The fourth-order valence-electron chi connectivity index (χ4n) is 0. The van der Waals surface area contributed by atoms with Crippen LogP contribution in [0.25, 0.3) is 0 Å². The molecule has 0 rings (SSSR count). The summed E-state index contributed by atoms with van der Waals surface area (Å²) in [5, 5.41) is 0. The molecule has 0 aromatic heterocycles. The fraction of sp³-hybridized carbons (Fsp3) is 1.00. The van der Waals surface area contributed by atoms with Gasteiger partial charge in [-0.25, -0.2) is 0 Å². The average Bonchev–Trinajstić information content (AvgIpc) is 1.62. The molecule has 0 fully saturated rings. The number of hydrogen-bond donors (Lipinski definition) is 4. The van der Waals surface area contributed by atoms with Gasteiger partial charge in [0, 0.05) is 42.1 Å². The largest absolute Gasteiger partial charge is 2.00 e. The quantitative estimate of drug-likeness (QED) is 0.242. The van der Waals surface area contributed by atoms with Crippen LogP contribution < -0.4 is 22.9 Å². The van der Waals surface area contributed by atoms with E-state index in [1.807, 2.05) is 0 Å². The van der Waals surface area contributed by atoms with E-state index in [9.17, 15) is 0 Å². The molecule has 0 atom stereocenters. The van der Waals surface area contributed by atoms with Crippen LogP contribution in [0.2, 0.25) is 0 Å². The van der Waals surface area contributed by atoms with Crippen molar-refractivity contribution in [2.45, 2.75) is 105 Å². The van der Waals surface area contributed by atoms with Crippen LogP contribution in [0.15, 0.2) is 0 Å². The van der Waals surface area contributed by atoms with E-state index in [4.69, 9.17) is 0 Å². The molecule has 0 spiro atoms. The molecule has 0 saturated heterocycles. The second kappa shape index (κ2) is 40.3. The third-order valence-electron chi connectivity index (χ3n) is 0. The van der Waals surface area contributed by atoms with Crippen molar-refractivity contribution in [2.75, 3.05) is 0 Å². The standard InChI is InChI=1S/4C4H11N.2Mo.8O/c4*1-4(2,3)5;;;;;;;;;;/h4*5H2,1-3H3;;;;;;;;;;/q;;;;;;8*-2/p+4. The maximum absolute atomic E-state index is 3.77. The van der Waals surface area contributed by atoms with Crippen molar-refractivity contribution in [2.24, 2.45) is 0 Å². The molecule has 0 aliphatic rings. The van der Waals surface area contributed by atoms with Gasteiger partial charge in [0.2, 0.25) is 0 Å². The van der Waals surface area contributed by atoms with Gasteiger partial charge in [0.15, 0.2) is 0 Å². The Morgan fingerprint density at radius 3 is 0.267 bits per heavy atom. The van der Waals surface area contributed by atoms with Crippen molar-refractivity contribution in [3.8, 4) is 0 Å². The second-order valence-corrected chi connectivity index (χ2v) is 10.2. The predicted octanol–water partition coefficient (Wildman–Crippen LogP) is -0.848. The van der Waals surface area contributed by atoms with Gasteiger partial charge < -0.3 is 66.7 Å². The van der Waals surface area contributed by atoms with E-state index >= 15 is 0 Å². The van der Waals surface area contributed by atoms with Gasteiger partial charge in [-0.3, -0.25) is 0 Å². The number of hydrogen-bond acceptors (Lipinski definition) is 0. The van der Waals surface area contributed by atoms with E-state index in [2.05, 4.69) is 106 Å². The van der Waals surface area contributed by atoms with Crippen molar-refractivity contribution in [1.29, 1.82) is 0 Å². The summed E-state index contributed by atoms with van der Waals surface area (Å²) in [5.74, 6) is 0. The molecule has 0 unspecified atom stereocenters. The molecule has 0 aromatic rings. The first-order chi connectivity index (χ1) is 8.00. The summed E-state index contributed by atoms with van der Waals surface area (Å²) in [7, 11) is 0. The third kappa shape index (κ3) is 28000. The van der Waals surface area contributed by atoms with Crippen LogP contribution in [0.4, 0.5) is 0 Å². The minimum atomic E-state index is 0. The van der Waals surface area contributed by atoms with Gasteiger partial charge in [-0.1, -0.05) is 0 Å². The Bertz CT molecular complexity index is 159. The molecule has 0 heterocycles. The van der Waals surface area contributed by atoms with Gasteiger partial charge in [0.1, 0.15) is 0 Å². The zero-order valence-corrected chi connectivity index (χ0v) is 24.9. The smallest absolute Gasteiger partial charge is 0.0860 e. The van der Waals surface area contributed by atoms with Crippen molar-refractivity contribution in [3.05, 3.63) is 0 Å². The van der Waals surface area contributed by atoms with Crippen LogP contribution in [0.1, 0.15) is 83.1 Å². The molecular weight excluding hydrogens is 568 g/mol. The summed E-state index contributed by atoms with van der Waals surface area (Å²) in [6, 6.07) is 0. The first-order valence-electron chi connectivity index (χ1n) is 7.41. The Morgan fingerprint density at radius 2 is 0.267 bits per heavy atom. The summed E-state index contributed by atoms with van der Waals surface area (Å²) in [6.07, 6.45) is 0. The molecule has 0 radical (unpaired) electrons. The van der Waals surface area contributed by atoms with Gasteiger partial charge in [0.05, 0.1) is 22.2 Å². The molecule has 14 heteroatoms. The Morgan fingerprint density at radius 1 is 0.267 bits per heavy atom. The minimum absolute atomic E-state index is 0. The van der Waals surface area contributed by atoms with E-state index in [1.165, 1.54) is 0 Å². The Kier molecular flexibility index (Phi) is 130. The summed E-state index contributed by atoms with van der Waals surface area (Å²) >= 11 is 0. The van der Waals surface area contributed by atoms with Gasteiger partial charge in [-0.2, -0.15) is 0 Å². The first-order valence-corrected chi connectivity index (χ1v) is 7.41. The molecular formula is C16H48Mo2N4O8-12. The molecule has 0 aliphatic carbocycles. The summed E-state index contributed by atoms with van der Waals surface area (Å²) in [6.45, 7) is 24.9. The third-order valence-corrected chi connectivity index (χ3v) is 0. The monoisotopic (exact) mass is 620 g/mol. The van der Waals surface area contributed by atoms with Gasteiger partial charge in [-0.15, -0.1) is 0 Å². The van der Waals surface area contributed by atoms with Gasteiger partial charge >= 0.3 is 0 Å². The van der Waals surface area contributed by atoms with Crippen LogP contribution in [0.5, 0.6) is 0 Å². The molecule has 0 aliphatic heterocycles. The Hall–Kier alpha value is 0.897. The van der Waals surface area contributed by atoms with Crippen molar-refractivity contribution in [1.82, 2.24) is 0 Å². The normalized spacial score (nSPS) is 8.00. The predicted molar refractivity (Wildman–Crippen MR) is 96.1 cm³/mol. The van der Waals surface area contributed by atoms with E-state index in [-0.39, 0.29) is 108 Å². The second-order valence-electron chi connectivity index (χ2n) is 10.2. The maximum Gasteiger partial charge on any atom is 0.0860 e. The van der Waals surface area contributed by atoms with E-state index in [0.717, 1.165) is 0 Å². The SMILES string of the molecule is CC(C)(C)[NH3+].CC(C)(C)[NH3+].CC(C)(C)[NH3+].CC(C)(C)[NH3+].[Mo].[Mo].[O-2].[O-2].[O-2].[O-2].[O-2].[O-2].[O-2].[O-2]. The molecule has 0 amide bonds. The average molecular weight is 616 g/mol. The van der Waals surface area contributed by atoms with E-state index in [0.29, 0.717) is 0 Å². The zero-order valence-electron chi connectivity index (χ0n) is 20.9. The zero-order chi connectivity index (χ0) is 18.0. The van der Waals surface area contributed by atoms with Crippen molar-refractivity contribution >= 4 is 0 Å². The van der Waals surface area contributed by atoms with Crippen molar-refractivity contribution in [3.63, 3.8) is 0 Å². The molecule has 12 nitrogen and oxygen atoms in total. The molecule has 0 bridgehead atoms. The molecule has 204 valence electrons. The summed E-state index contributed by atoms with van der Waals surface area (Å²) < 4.78 is 0. The van der Waals surface area contributed by atoms with E-state index < -0.39 is 0 Å². The van der Waals surface area contributed by atoms with Gasteiger partial charge in [-0.05, 0) is 83.1 Å². The maximum atomic E-state index is 3.77. The Balaban J connectivity index is -0.00000000853. The van der Waals surface area contributed by atoms with E-state index in [1.54, 1.807) is 0 Å². The summed E-state index contributed by atoms with van der Waals surface area (Å²) in [5.41, 5.74) is 16.1. The first kappa shape index (κ1) is 96.7. The summed E-state index contributed by atoms with van der Waals surface area (Å²) in [4.78, 5) is 0. The Labute approximate surface area is 213 Å².